The lowest BCUT2D eigenvalue weighted by molar-refractivity contribution is -0.123. The number of fused-ring (bicyclic) bond motifs is 2. The SMILES string of the molecule is O=C(CN1CCOCC1)NN1c2ccccc2CCc2ccccc21. The second-order valence-electron chi connectivity index (χ2n) is 6.52. The van der Waals surface area contributed by atoms with Crippen molar-refractivity contribution in [3.8, 4) is 0 Å². The highest BCUT2D eigenvalue weighted by Crippen LogP contribution is 2.34. The number of carbonyl (C=O) groups is 1. The molecule has 0 saturated carbocycles. The maximum atomic E-state index is 12.7. The van der Waals surface area contributed by atoms with E-state index < -0.39 is 0 Å². The summed E-state index contributed by atoms with van der Waals surface area (Å²) in [6.45, 7) is 3.40. The van der Waals surface area contributed by atoms with E-state index in [1.165, 1.54) is 11.1 Å². The van der Waals surface area contributed by atoms with Crippen molar-refractivity contribution in [3.05, 3.63) is 59.7 Å². The maximum Gasteiger partial charge on any atom is 0.252 e. The Hall–Kier alpha value is -2.37. The predicted molar refractivity (Wildman–Crippen MR) is 97.8 cm³/mol. The number of nitrogens with one attached hydrogen (secondary N) is 1. The number of anilines is 2. The largest absolute Gasteiger partial charge is 0.379 e. The van der Waals surface area contributed by atoms with Crippen LogP contribution in [0.2, 0.25) is 0 Å². The molecule has 1 N–H and O–H groups in total. The zero-order chi connectivity index (χ0) is 17.1. The fourth-order valence-electron chi connectivity index (χ4n) is 3.52. The number of para-hydroxylation sites is 2. The molecule has 0 atom stereocenters. The number of carbonyl (C=O) groups excluding carboxylic acids is 1. The van der Waals surface area contributed by atoms with E-state index in [1.807, 2.05) is 17.1 Å². The summed E-state index contributed by atoms with van der Waals surface area (Å²) < 4.78 is 5.36. The number of hydrogen-bond acceptors (Lipinski definition) is 4. The van der Waals surface area contributed by atoms with Gasteiger partial charge in [0.1, 0.15) is 0 Å². The molecule has 1 amide bonds. The Kier molecular flexibility index (Phi) is 4.68. The van der Waals surface area contributed by atoms with Gasteiger partial charge in [0.2, 0.25) is 0 Å². The van der Waals surface area contributed by atoms with Crippen LogP contribution in [0.4, 0.5) is 11.4 Å². The van der Waals surface area contributed by atoms with Crippen LogP contribution >= 0.6 is 0 Å². The topological polar surface area (TPSA) is 44.8 Å². The van der Waals surface area contributed by atoms with E-state index in [1.54, 1.807) is 0 Å². The third-order valence-electron chi connectivity index (χ3n) is 4.84. The van der Waals surface area contributed by atoms with Gasteiger partial charge in [0.15, 0.2) is 0 Å². The number of amides is 1. The van der Waals surface area contributed by atoms with E-state index in [0.29, 0.717) is 19.8 Å². The highest BCUT2D eigenvalue weighted by atomic mass is 16.5. The van der Waals surface area contributed by atoms with E-state index >= 15 is 0 Å². The van der Waals surface area contributed by atoms with Crippen molar-refractivity contribution in [2.24, 2.45) is 0 Å². The van der Waals surface area contributed by atoms with Crippen molar-refractivity contribution in [2.45, 2.75) is 12.8 Å². The average molecular weight is 337 g/mol. The van der Waals surface area contributed by atoms with E-state index in [-0.39, 0.29) is 5.91 Å². The molecule has 0 bridgehead atoms. The van der Waals surface area contributed by atoms with Gasteiger partial charge in [0.05, 0.1) is 31.1 Å². The van der Waals surface area contributed by atoms with Gasteiger partial charge in [-0.2, -0.15) is 0 Å². The Morgan fingerprint density at radius 2 is 1.48 bits per heavy atom. The fourth-order valence-corrected chi connectivity index (χ4v) is 3.52. The minimum atomic E-state index is 0.00778. The number of rotatable bonds is 3. The molecule has 0 radical (unpaired) electrons. The molecule has 0 spiro atoms. The molecule has 130 valence electrons. The van der Waals surface area contributed by atoms with Crippen LogP contribution in [0.15, 0.2) is 48.5 Å². The third kappa shape index (κ3) is 3.52. The van der Waals surface area contributed by atoms with Crippen LogP contribution in [0.3, 0.4) is 0 Å². The van der Waals surface area contributed by atoms with E-state index in [9.17, 15) is 4.79 Å². The van der Waals surface area contributed by atoms with Crippen molar-refractivity contribution < 1.29 is 9.53 Å². The second-order valence-corrected chi connectivity index (χ2v) is 6.52. The summed E-state index contributed by atoms with van der Waals surface area (Å²) in [5.41, 5.74) is 7.76. The Morgan fingerprint density at radius 1 is 0.920 bits per heavy atom. The van der Waals surface area contributed by atoms with Crippen LogP contribution in [-0.2, 0) is 22.4 Å². The fraction of sp³-hybridized carbons (Fsp3) is 0.350. The minimum Gasteiger partial charge on any atom is -0.379 e. The molecule has 2 aliphatic rings. The molecular formula is C20H23N3O2. The number of benzene rings is 2. The van der Waals surface area contributed by atoms with Gasteiger partial charge in [-0.05, 0) is 36.1 Å². The summed E-state index contributed by atoms with van der Waals surface area (Å²) in [4.78, 5) is 14.8. The lowest BCUT2D eigenvalue weighted by Gasteiger charge is -2.30. The van der Waals surface area contributed by atoms with Crippen LogP contribution in [0.25, 0.3) is 0 Å². The number of morpholine rings is 1. The monoisotopic (exact) mass is 337 g/mol. The smallest absolute Gasteiger partial charge is 0.252 e. The summed E-state index contributed by atoms with van der Waals surface area (Å²) in [7, 11) is 0. The Labute approximate surface area is 148 Å². The zero-order valence-electron chi connectivity index (χ0n) is 14.3. The van der Waals surface area contributed by atoms with Crippen LogP contribution in [-0.4, -0.2) is 43.7 Å². The first-order valence-electron chi connectivity index (χ1n) is 8.87. The molecule has 1 fully saturated rings. The number of nitrogens with zero attached hydrogens (tertiary/aromatic N) is 2. The molecule has 5 nitrogen and oxygen atoms in total. The van der Waals surface area contributed by atoms with Crippen molar-refractivity contribution in [2.75, 3.05) is 37.9 Å². The molecule has 2 aromatic rings. The molecule has 5 heteroatoms. The van der Waals surface area contributed by atoms with Gasteiger partial charge in [-0.3, -0.25) is 20.1 Å². The van der Waals surface area contributed by atoms with Gasteiger partial charge >= 0.3 is 0 Å². The molecule has 0 unspecified atom stereocenters. The van der Waals surface area contributed by atoms with Crippen molar-refractivity contribution >= 4 is 17.3 Å². The Bertz CT molecular complexity index is 709. The summed E-state index contributed by atoms with van der Waals surface area (Å²) in [5.74, 6) is 0.00778. The van der Waals surface area contributed by atoms with Gasteiger partial charge in [-0.15, -0.1) is 0 Å². The van der Waals surface area contributed by atoms with Gasteiger partial charge in [0.25, 0.3) is 5.91 Å². The van der Waals surface area contributed by atoms with Gasteiger partial charge in [0, 0.05) is 13.1 Å². The summed E-state index contributed by atoms with van der Waals surface area (Å²) >= 11 is 0. The van der Waals surface area contributed by atoms with Crippen molar-refractivity contribution in [3.63, 3.8) is 0 Å². The third-order valence-corrected chi connectivity index (χ3v) is 4.84. The van der Waals surface area contributed by atoms with Crippen molar-refractivity contribution in [1.82, 2.24) is 10.3 Å². The van der Waals surface area contributed by atoms with Crippen LogP contribution in [0, 0.1) is 0 Å². The lowest BCUT2D eigenvalue weighted by Crippen LogP contribution is -2.47. The van der Waals surface area contributed by atoms with Gasteiger partial charge in [-0.25, -0.2) is 0 Å². The number of aryl methyl sites for hydroxylation is 2. The Morgan fingerprint density at radius 3 is 2.08 bits per heavy atom. The molecule has 0 aromatic heterocycles. The molecule has 2 heterocycles. The number of hydrogen-bond donors (Lipinski definition) is 1. The predicted octanol–water partition coefficient (Wildman–Crippen LogP) is 2.29. The highest BCUT2D eigenvalue weighted by Gasteiger charge is 2.23. The number of hydrazine groups is 1. The average Bonchev–Trinajstić information content (AvgIpc) is 2.80. The lowest BCUT2D eigenvalue weighted by atomic mass is 10.0. The molecular weight excluding hydrogens is 314 g/mol. The standard InChI is InChI=1S/C20H23N3O2/c24-20(15-22-11-13-25-14-12-22)21-23-18-7-3-1-5-16(18)9-10-17-6-2-4-8-19(17)23/h1-8H,9-15H2,(H,21,24). The summed E-state index contributed by atoms with van der Waals surface area (Å²) in [6, 6.07) is 16.6. The summed E-state index contributed by atoms with van der Waals surface area (Å²) in [5, 5.41) is 1.96. The molecule has 1 saturated heterocycles. The second kappa shape index (κ2) is 7.25. The summed E-state index contributed by atoms with van der Waals surface area (Å²) in [6.07, 6.45) is 1.95. The minimum absolute atomic E-state index is 0.00778. The van der Waals surface area contributed by atoms with Crippen LogP contribution in [0.5, 0.6) is 0 Å². The normalized spacial score (nSPS) is 17.4. The first-order chi connectivity index (χ1) is 12.3. The zero-order valence-corrected chi connectivity index (χ0v) is 14.3. The van der Waals surface area contributed by atoms with E-state index in [4.69, 9.17) is 4.74 Å². The first-order valence-corrected chi connectivity index (χ1v) is 8.87. The van der Waals surface area contributed by atoms with Gasteiger partial charge < -0.3 is 4.74 Å². The van der Waals surface area contributed by atoms with Crippen LogP contribution < -0.4 is 10.4 Å². The Balaban J connectivity index is 1.60. The van der Waals surface area contributed by atoms with E-state index in [2.05, 4.69) is 46.7 Å². The quantitative estimate of drug-likeness (QED) is 0.933. The number of ether oxygens (including phenoxy) is 1. The molecule has 25 heavy (non-hydrogen) atoms. The van der Waals surface area contributed by atoms with Crippen molar-refractivity contribution in [1.29, 1.82) is 0 Å². The molecule has 0 aliphatic carbocycles. The maximum absolute atomic E-state index is 12.7. The first kappa shape index (κ1) is 16.1. The van der Waals surface area contributed by atoms with Gasteiger partial charge in [-0.1, -0.05) is 36.4 Å². The highest BCUT2D eigenvalue weighted by molar-refractivity contribution is 5.83. The van der Waals surface area contributed by atoms with E-state index in [0.717, 1.165) is 37.3 Å². The molecule has 4 rings (SSSR count). The van der Waals surface area contributed by atoms with Crippen LogP contribution in [0.1, 0.15) is 11.1 Å². The molecule has 2 aliphatic heterocycles. The molecule has 2 aromatic carbocycles.